The zero-order chi connectivity index (χ0) is 12.1. The molecule has 0 spiro atoms. The molecule has 0 aliphatic rings. The molecule has 1 unspecified atom stereocenters. The zero-order valence-electron chi connectivity index (χ0n) is 9.41. The Kier molecular flexibility index (Phi) is 5.28. The highest BCUT2D eigenvalue weighted by atomic mass is 16.4. The summed E-state index contributed by atoms with van der Waals surface area (Å²) in [6.07, 6.45) is -0.634. The molecule has 0 bridgehead atoms. The predicted octanol–water partition coefficient (Wildman–Crippen LogP) is 0.374. The van der Waals surface area contributed by atoms with E-state index in [1.54, 1.807) is 0 Å². The van der Waals surface area contributed by atoms with Crippen molar-refractivity contribution in [1.29, 1.82) is 0 Å². The lowest BCUT2D eigenvalue weighted by molar-refractivity contribution is -0.140. The van der Waals surface area contributed by atoms with Crippen molar-refractivity contribution < 1.29 is 19.8 Å². The summed E-state index contributed by atoms with van der Waals surface area (Å²) in [4.78, 5) is 21.1. The number of aliphatic hydroxyl groups excluding tert-OH is 1. The van der Waals surface area contributed by atoms with E-state index in [0.717, 1.165) is 0 Å². The van der Waals surface area contributed by atoms with Crippen molar-refractivity contribution in [3.63, 3.8) is 0 Å². The number of aliphatic carboxylic acids is 1. The van der Waals surface area contributed by atoms with Gasteiger partial charge in [-0.2, -0.15) is 0 Å². The van der Waals surface area contributed by atoms with Crippen LogP contribution in [0, 0.1) is 5.41 Å². The number of carbonyl (C=O) groups excluding carboxylic acids is 1. The molecule has 0 aromatic rings. The first-order valence-electron chi connectivity index (χ1n) is 4.87. The fourth-order valence-electron chi connectivity index (χ4n) is 1.21. The Balaban J connectivity index is 3.76. The third-order valence-electron chi connectivity index (χ3n) is 1.69. The lowest BCUT2D eigenvalue weighted by Gasteiger charge is -2.22. The van der Waals surface area contributed by atoms with Crippen molar-refractivity contribution in [1.82, 2.24) is 5.32 Å². The van der Waals surface area contributed by atoms with E-state index in [9.17, 15) is 14.7 Å². The van der Waals surface area contributed by atoms with E-state index in [1.807, 2.05) is 20.8 Å². The van der Waals surface area contributed by atoms with Crippen LogP contribution in [0.3, 0.4) is 0 Å². The lowest BCUT2D eigenvalue weighted by Crippen LogP contribution is -2.35. The minimum Gasteiger partial charge on any atom is -0.481 e. The smallest absolute Gasteiger partial charge is 0.312 e. The van der Waals surface area contributed by atoms with Gasteiger partial charge in [-0.25, -0.2) is 0 Å². The van der Waals surface area contributed by atoms with Gasteiger partial charge in [0.15, 0.2) is 0 Å². The van der Waals surface area contributed by atoms with Crippen molar-refractivity contribution >= 4 is 11.9 Å². The SMILES string of the molecule is CC(C)(C)CC(O)CNC(=O)CC(=O)O. The van der Waals surface area contributed by atoms with Gasteiger partial charge in [0.1, 0.15) is 6.42 Å². The average Bonchev–Trinajstić information content (AvgIpc) is 1.96. The third kappa shape index (κ3) is 9.21. The van der Waals surface area contributed by atoms with Gasteiger partial charge in [-0.15, -0.1) is 0 Å². The van der Waals surface area contributed by atoms with Gasteiger partial charge in [0, 0.05) is 6.54 Å². The Hall–Kier alpha value is -1.10. The number of rotatable bonds is 5. The van der Waals surface area contributed by atoms with Gasteiger partial charge >= 0.3 is 5.97 Å². The summed E-state index contributed by atoms with van der Waals surface area (Å²) in [5, 5.41) is 20.2. The maximum absolute atomic E-state index is 10.9. The van der Waals surface area contributed by atoms with E-state index in [0.29, 0.717) is 6.42 Å². The Morgan fingerprint density at radius 2 is 1.87 bits per heavy atom. The lowest BCUT2D eigenvalue weighted by atomic mass is 9.89. The molecule has 0 saturated heterocycles. The molecule has 0 fully saturated rings. The molecule has 88 valence electrons. The highest BCUT2D eigenvalue weighted by molar-refractivity contribution is 5.93. The topological polar surface area (TPSA) is 86.6 Å². The molecule has 1 atom stereocenters. The predicted molar refractivity (Wildman–Crippen MR) is 55.3 cm³/mol. The fourth-order valence-corrected chi connectivity index (χ4v) is 1.21. The maximum atomic E-state index is 10.9. The van der Waals surface area contributed by atoms with Crippen LogP contribution < -0.4 is 5.32 Å². The molecule has 15 heavy (non-hydrogen) atoms. The second-order valence-corrected chi connectivity index (χ2v) is 4.79. The maximum Gasteiger partial charge on any atom is 0.312 e. The van der Waals surface area contributed by atoms with E-state index in [-0.39, 0.29) is 12.0 Å². The van der Waals surface area contributed by atoms with Crippen LogP contribution in [-0.2, 0) is 9.59 Å². The van der Waals surface area contributed by atoms with Gasteiger partial charge in [0.05, 0.1) is 6.10 Å². The number of carbonyl (C=O) groups is 2. The number of carboxylic acid groups (broad SMARTS) is 1. The Labute approximate surface area is 89.5 Å². The second-order valence-electron chi connectivity index (χ2n) is 4.79. The van der Waals surface area contributed by atoms with Gasteiger partial charge in [-0.05, 0) is 11.8 Å². The van der Waals surface area contributed by atoms with Crippen LogP contribution >= 0.6 is 0 Å². The molecule has 0 aromatic carbocycles. The quantitative estimate of drug-likeness (QED) is 0.581. The molecule has 0 aliphatic heterocycles. The number of aliphatic hydroxyl groups is 1. The summed E-state index contributed by atoms with van der Waals surface area (Å²) >= 11 is 0. The highest BCUT2D eigenvalue weighted by Crippen LogP contribution is 2.20. The fraction of sp³-hybridized carbons (Fsp3) is 0.800. The molecule has 0 rings (SSSR count). The summed E-state index contributed by atoms with van der Waals surface area (Å²) in [7, 11) is 0. The number of amides is 1. The standard InChI is InChI=1S/C10H19NO4/c1-10(2,3)5-7(12)6-11-8(13)4-9(14)15/h7,12H,4-6H2,1-3H3,(H,11,13)(H,14,15). The average molecular weight is 217 g/mol. The van der Waals surface area contributed by atoms with Gasteiger partial charge in [0.2, 0.25) is 5.91 Å². The summed E-state index contributed by atoms with van der Waals surface area (Å²) in [6, 6.07) is 0. The minimum absolute atomic E-state index is 0.0169. The van der Waals surface area contributed by atoms with E-state index in [1.165, 1.54) is 0 Å². The van der Waals surface area contributed by atoms with Crippen molar-refractivity contribution in [3.05, 3.63) is 0 Å². The molecule has 5 heteroatoms. The number of nitrogens with one attached hydrogen (secondary N) is 1. The normalized spacial score (nSPS) is 13.3. The Bertz CT molecular complexity index is 232. The monoisotopic (exact) mass is 217 g/mol. The molecule has 1 amide bonds. The van der Waals surface area contributed by atoms with Crippen LogP contribution in [-0.4, -0.2) is 34.7 Å². The second kappa shape index (κ2) is 5.70. The largest absolute Gasteiger partial charge is 0.481 e. The molecule has 0 aliphatic carbocycles. The number of carboxylic acids is 1. The Morgan fingerprint density at radius 1 is 1.33 bits per heavy atom. The highest BCUT2D eigenvalue weighted by Gasteiger charge is 2.17. The summed E-state index contributed by atoms with van der Waals surface area (Å²) in [5.74, 6) is -1.74. The first-order valence-corrected chi connectivity index (χ1v) is 4.87. The van der Waals surface area contributed by atoms with Gasteiger partial charge in [-0.1, -0.05) is 20.8 Å². The molecule has 5 nitrogen and oxygen atoms in total. The zero-order valence-corrected chi connectivity index (χ0v) is 9.41. The molecule has 0 radical (unpaired) electrons. The van der Waals surface area contributed by atoms with Crippen molar-refractivity contribution in [3.8, 4) is 0 Å². The third-order valence-corrected chi connectivity index (χ3v) is 1.69. The molecule has 0 aromatic heterocycles. The van der Waals surface area contributed by atoms with Gasteiger partial charge < -0.3 is 15.5 Å². The van der Waals surface area contributed by atoms with Crippen molar-refractivity contribution in [2.45, 2.75) is 39.7 Å². The molecule has 0 saturated carbocycles. The molecule has 3 N–H and O–H groups in total. The van der Waals surface area contributed by atoms with Crippen LogP contribution in [0.25, 0.3) is 0 Å². The van der Waals surface area contributed by atoms with E-state index in [4.69, 9.17) is 5.11 Å². The number of hydrogen-bond acceptors (Lipinski definition) is 3. The molecule has 0 heterocycles. The number of hydrogen-bond donors (Lipinski definition) is 3. The van der Waals surface area contributed by atoms with Gasteiger partial charge in [0.25, 0.3) is 0 Å². The van der Waals surface area contributed by atoms with Crippen LogP contribution in [0.15, 0.2) is 0 Å². The van der Waals surface area contributed by atoms with E-state index >= 15 is 0 Å². The van der Waals surface area contributed by atoms with Crippen LogP contribution in [0.1, 0.15) is 33.6 Å². The van der Waals surface area contributed by atoms with Crippen molar-refractivity contribution in [2.24, 2.45) is 5.41 Å². The first kappa shape index (κ1) is 13.9. The van der Waals surface area contributed by atoms with Crippen LogP contribution in [0.5, 0.6) is 0 Å². The Morgan fingerprint density at radius 3 is 2.27 bits per heavy atom. The van der Waals surface area contributed by atoms with Crippen LogP contribution in [0.4, 0.5) is 0 Å². The van der Waals surface area contributed by atoms with Crippen molar-refractivity contribution in [2.75, 3.05) is 6.54 Å². The van der Waals surface area contributed by atoms with E-state index in [2.05, 4.69) is 5.32 Å². The summed E-state index contributed by atoms with van der Waals surface area (Å²) < 4.78 is 0. The minimum atomic E-state index is -1.17. The van der Waals surface area contributed by atoms with E-state index < -0.39 is 24.4 Å². The molecular weight excluding hydrogens is 198 g/mol. The van der Waals surface area contributed by atoms with Crippen LogP contribution in [0.2, 0.25) is 0 Å². The molecular formula is C10H19NO4. The van der Waals surface area contributed by atoms with Gasteiger partial charge in [-0.3, -0.25) is 9.59 Å². The summed E-state index contributed by atoms with van der Waals surface area (Å²) in [6.45, 7) is 6.04. The first-order chi connectivity index (χ1) is 6.70. The summed E-state index contributed by atoms with van der Waals surface area (Å²) in [5.41, 5.74) is -0.0169.